The number of amides is 1. The first-order valence-corrected chi connectivity index (χ1v) is 8.12. The van der Waals surface area contributed by atoms with Crippen molar-refractivity contribution in [2.45, 2.75) is 13.8 Å². The molecular weight excluding hydrogens is 332 g/mol. The van der Waals surface area contributed by atoms with Gasteiger partial charge in [-0.2, -0.15) is 4.98 Å². The molecule has 0 fully saturated rings. The first-order chi connectivity index (χ1) is 12.5. The molecule has 7 heteroatoms. The zero-order valence-electron chi connectivity index (χ0n) is 14.9. The number of carbonyl (C=O) groups excluding carboxylic acids is 1. The first kappa shape index (κ1) is 17.5. The van der Waals surface area contributed by atoms with Crippen molar-refractivity contribution in [3.8, 4) is 22.9 Å². The zero-order chi connectivity index (χ0) is 18.5. The maximum absolute atomic E-state index is 12.1. The highest BCUT2D eigenvalue weighted by atomic mass is 16.5. The number of rotatable bonds is 6. The summed E-state index contributed by atoms with van der Waals surface area (Å²) in [6, 6.07) is 13.2. The molecule has 0 aliphatic rings. The van der Waals surface area contributed by atoms with Gasteiger partial charge in [-0.05, 0) is 55.3 Å². The molecule has 134 valence electrons. The van der Waals surface area contributed by atoms with E-state index >= 15 is 0 Å². The Labute approximate surface area is 151 Å². The number of ether oxygens (including phenoxy) is 2. The summed E-state index contributed by atoms with van der Waals surface area (Å²) in [4.78, 5) is 16.3. The highest BCUT2D eigenvalue weighted by Crippen LogP contribution is 2.20. The molecule has 0 aliphatic heterocycles. The summed E-state index contributed by atoms with van der Waals surface area (Å²) in [6.45, 7) is 3.79. The smallest absolute Gasteiger partial charge is 0.264 e. The van der Waals surface area contributed by atoms with Gasteiger partial charge in [-0.1, -0.05) is 12.1 Å². The van der Waals surface area contributed by atoms with Gasteiger partial charge in [-0.3, -0.25) is 15.2 Å². The molecule has 0 radical (unpaired) electrons. The predicted molar refractivity (Wildman–Crippen MR) is 98.4 cm³/mol. The fourth-order valence-corrected chi connectivity index (χ4v) is 2.36. The fourth-order valence-electron chi connectivity index (χ4n) is 2.36. The SMILES string of the molecule is COc1ccc(-c2nc(NC(=O)COc3cc(C)ccc3C)n[nH]2)cc1. The molecule has 0 saturated carbocycles. The summed E-state index contributed by atoms with van der Waals surface area (Å²) in [6.07, 6.45) is 0. The summed E-state index contributed by atoms with van der Waals surface area (Å²) in [5.74, 6) is 1.87. The van der Waals surface area contributed by atoms with Gasteiger partial charge in [0.25, 0.3) is 5.91 Å². The largest absolute Gasteiger partial charge is 0.497 e. The topological polar surface area (TPSA) is 89.1 Å². The third kappa shape index (κ3) is 4.18. The number of anilines is 1. The number of aryl methyl sites for hydroxylation is 2. The minimum Gasteiger partial charge on any atom is -0.497 e. The van der Waals surface area contributed by atoms with E-state index < -0.39 is 0 Å². The molecule has 0 aliphatic carbocycles. The molecule has 1 amide bonds. The van der Waals surface area contributed by atoms with Crippen LogP contribution in [0.5, 0.6) is 11.5 Å². The maximum atomic E-state index is 12.1. The number of aromatic nitrogens is 3. The number of carbonyl (C=O) groups is 1. The highest BCUT2D eigenvalue weighted by molar-refractivity contribution is 5.90. The van der Waals surface area contributed by atoms with E-state index in [4.69, 9.17) is 9.47 Å². The molecule has 2 aromatic carbocycles. The molecule has 2 N–H and O–H groups in total. The van der Waals surface area contributed by atoms with Crippen LogP contribution in [0.2, 0.25) is 0 Å². The number of H-pyrrole nitrogens is 1. The Bertz CT molecular complexity index is 903. The van der Waals surface area contributed by atoms with Crippen LogP contribution in [-0.2, 0) is 4.79 Å². The second-order valence-electron chi connectivity index (χ2n) is 5.84. The number of benzene rings is 2. The Hall–Kier alpha value is -3.35. The minimum absolute atomic E-state index is 0.114. The lowest BCUT2D eigenvalue weighted by Crippen LogP contribution is -2.21. The van der Waals surface area contributed by atoms with Crippen molar-refractivity contribution >= 4 is 11.9 Å². The summed E-state index contributed by atoms with van der Waals surface area (Å²) in [7, 11) is 1.61. The Balaban J connectivity index is 1.59. The summed E-state index contributed by atoms with van der Waals surface area (Å²) in [5.41, 5.74) is 2.89. The van der Waals surface area contributed by atoms with Gasteiger partial charge in [0, 0.05) is 5.56 Å². The average molecular weight is 352 g/mol. The van der Waals surface area contributed by atoms with Crippen molar-refractivity contribution in [3.05, 3.63) is 53.6 Å². The molecular formula is C19H20N4O3. The van der Waals surface area contributed by atoms with Crippen LogP contribution in [0, 0.1) is 13.8 Å². The molecule has 0 bridgehead atoms. The van der Waals surface area contributed by atoms with Crippen LogP contribution >= 0.6 is 0 Å². The van der Waals surface area contributed by atoms with Crippen molar-refractivity contribution < 1.29 is 14.3 Å². The second kappa shape index (κ2) is 7.69. The van der Waals surface area contributed by atoms with Crippen LogP contribution in [0.4, 0.5) is 5.95 Å². The lowest BCUT2D eigenvalue weighted by molar-refractivity contribution is -0.118. The Morgan fingerprint density at radius 2 is 1.92 bits per heavy atom. The van der Waals surface area contributed by atoms with E-state index in [1.54, 1.807) is 7.11 Å². The molecule has 3 aromatic rings. The van der Waals surface area contributed by atoms with Gasteiger partial charge in [0.15, 0.2) is 12.4 Å². The Morgan fingerprint density at radius 1 is 1.15 bits per heavy atom. The van der Waals surface area contributed by atoms with Gasteiger partial charge < -0.3 is 9.47 Å². The van der Waals surface area contributed by atoms with Gasteiger partial charge in [0.2, 0.25) is 5.95 Å². The molecule has 1 aromatic heterocycles. The van der Waals surface area contributed by atoms with Crippen molar-refractivity contribution in [1.29, 1.82) is 0 Å². The van der Waals surface area contributed by atoms with Crippen molar-refractivity contribution in [3.63, 3.8) is 0 Å². The van der Waals surface area contributed by atoms with Crippen LogP contribution in [0.1, 0.15) is 11.1 Å². The van der Waals surface area contributed by atoms with Gasteiger partial charge in [0.1, 0.15) is 11.5 Å². The predicted octanol–water partition coefficient (Wildman–Crippen LogP) is 3.11. The normalized spacial score (nSPS) is 10.4. The Morgan fingerprint density at radius 3 is 2.65 bits per heavy atom. The fraction of sp³-hybridized carbons (Fsp3) is 0.211. The molecule has 7 nitrogen and oxygen atoms in total. The van der Waals surface area contributed by atoms with Gasteiger partial charge >= 0.3 is 0 Å². The number of hydrogen-bond donors (Lipinski definition) is 2. The minimum atomic E-state index is -0.328. The van der Waals surface area contributed by atoms with Crippen LogP contribution in [0.15, 0.2) is 42.5 Å². The Kier molecular flexibility index (Phi) is 5.17. The van der Waals surface area contributed by atoms with Crippen LogP contribution in [0.3, 0.4) is 0 Å². The van der Waals surface area contributed by atoms with Gasteiger partial charge in [-0.25, -0.2) is 0 Å². The lowest BCUT2D eigenvalue weighted by Gasteiger charge is -2.09. The van der Waals surface area contributed by atoms with Gasteiger partial charge in [0.05, 0.1) is 7.11 Å². The summed E-state index contributed by atoms with van der Waals surface area (Å²) in [5, 5.41) is 9.42. The van der Waals surface area contributed by atoms with Crippen LogP contribution in [-0.4, -0.2) is 34.8 Å². The van der Waals surface area contributed by atoms with Gasteiger partial charge in [-0.15, -0.1) is 5.10 Å². The maximum Gasteiger partial charge on any atom is 0.264 e. The molecule has 0 saturated heterocycles. The molecule has 0 unspecified atom stereocenters. The third-order valence-electron chi connectivity index (χ3n) is 3.80. The number of nitrogens with zero attached hydrogens (tertiary/aromatic N) is 2. The average Bonchev–Trinajstić information content (AvgIpc) is 3.11. The molecule has 1 heterocycles. The van der Waals surface area contributed by atoms with E-state index in [9.17, 15) is 4.79 Å². The second-order valence-corrected chi connectivity index (χ2v) is 5.84. The standard InChI is InChI=1S/C19H20N4O3/c1-12-4-5-13(2)16(10-12)26-11-17(24)20-19-21-18(22-23-19)14-6-8-15(25-3)9-7-14/h4-10H,11H2,1-3H3,(H2,20,21,22,23,24). The molecule has 0 spiro atoms. The number of methoxy groups -OCH3 is 1. The van der Waals surface area contributed by atoms with Crippen molar-refractivity contribution in [1.82, 2.24) is 15.2 Å². The van der Waals surface area contributed by atoms with E-state index in [0.29, 0.717) is 11.6 Å². The van der Waals surface area contributed by atoms with E-state index in [0.717, 1.165) is 22.4 Å². The van der Waals surface area contributed by atoms with E-state index in [-0.39, 0.29) is 18.5 Å². The molecule has 26 heavy (non-hydrogen) atoms. The highest BCUT2D eigenvalue weighted by Gasteiger charge is 2.10. The number of aromatic amines is 1. The van der Waals surface area contributed by atoms with Crippen molar-refractivity contribution in [2.24, 2.45) is 0 Å². The zero-order valence-corrected chi connectivity index (χ0v) is 14.9. The monoisotopic (exact) mass is 352 g/mol. The third-order valence-corrected chi connectivity index (χ3v) is 3.80. The van der Waals surface area contributed by atoms with Crippen LogP contribution in [0.25, 0.3) is 11.4 Å². The first-order valence-electron chi connectivity index (χ1n) is 8.12. The lowest BCUT2D eigenvalue weighted by atomic mass is 10.1. The number of nitrogens with one attached hydrogen (secondary N) is 2. The quantitative estimate of drug-likeness (QED) is 0.711. The number of hydrogen-bond acceptors (Lipinski definition) is 5. The van der Waals surface area contributed by atoms with Crippen molar-refractivity contribution in [2.75, 3.05) is 19.0 Å². The molecule has 3 rings (SSSR count). The summed E-state index contributed by atoms with van der Waals surface area (Å²) >= 11 is 0. The molecule has 0 atom stereocenters. The summed E-state index contributed by atoms with van der Waals surface area (Å²) < 4.78 is 10.7. The van der Waals surface area contributed by atoms with Crippen LogP contribution < -0.4 is 14.8 Å². The van der Waals surface area contributed by atoms with E-state index in [2.05, 4.69) is 20.5 Å². The van der Waals surface area contributed by atoms with E-state index in [1.807, 2.05) is 56.3 Å². The van der Waals surface area contributed by atoms with E-state index in [1.165, 1.54) is 0 Å².